The Labute approximate surface area is 224 Å². The molecule has 2 heterocycles. The second-order valence-corrected chi connectivity index (χ2v) is 11.0. The number of alkyl halides is 2. The Bertz CT molecular complexity index is 1360. The highest BCUT2D eigenvalue weighted by Crippen LogP contribution is 2.54. The second-order valence-electron chi connectivity index (χ2n) is 11.0. The first kappa shape index (κ1) is 25.4. The van der Waals surface area contributed by atoms with Crippen LogP contribution in [0.25, 0.3) is 11.1 Å². The first-order valence-corrected chi connectivity index (χ1v) is 13.2. The van der Waals surface area contributed by atoms with Gasteiger partial charge in [0.15, 0.2) is 5.60 Å². The molecule has 2 aromatic rings. The number of nitrogens with zero attached hydrogens (tertiary/aromatic N) is 2. The van der Waals surface area contributed by atoms with E-state index in [1.54, 1.807) is 48.5 Å². The average Bonchev–Trinajstić information content (AvgIpc) is 3.66. The summed E-state index contributed by atoms with van der Waals surface area (Å²) in [4.78, 5) is 41.0. The zero-order valence-corrected chi connectivity index (χ0v) is 21.1. The molecule has 0 radical (unpaired) electrons. The van der Waals surface area contributed by atoms with Crippen molar-refractivity contribution in [3.05, 3.63) is 59.7 Å². The van der Waals surface area contributed by atoms with E-state index in [0.29, 0.717) is 35.2 Å². The highest BCUT2D eigenvalue weighted by molar-refractivity contribution is 6.01. The summed E-state index contributed by atoms with van der Waals surface area (Å²) in [6, 6.07) is 13.5. The van der Waals surface area contributed by atoms with Gasteiger partial charge in [0, 0.05) is 42.5 Å². The van der Waals surface area contributed by atoms with Gasteiger partial charge in [0.2, 0.25) is 11.8 Å². The Hall–Kier alpha value is -3.84. The molecular formula is C29H28F2N4O4. The molecule has 10 heteroatoms. The fourth-order valence-corrected chi connectivity index (χ4v) is 7.01. The van der Waals surface area contributed by atoms with Crippen molar-refractivity contribution in [3.63, 3.8) is 0 Å². The number of rotatable bonds is 5. The molecule has 0 aromatic heterocycles. The van der Waals surface area contributed by atoms with Gasteiger partial charge in [-0.25, -0.2) is 8.78 Å². The van der Waals surface area contributed by atoms with Crippen LogP contribution in [0.1, 0.15) is 36.8 Å². The highest BCUT2D eigenvalue weighted by Gasteiger charge is 2.63. The zero-order chi connectivity index (χ0) is 27.5. The third-order valence-corrected chi connectivity index (χ3v) is 8.92. The van der Waals surface area contributed by atoms with Crippen molar-refractivity contribution < 1.29 is 28.3 Å². The summed E-state index contributed by atoms with van der Waals surface area (Å²) in [7, 11) is 0. The topological polar surface area (TPSA) is 123 Å². The molecule has 2 aliphatic carbocycles. The van der Waals surface area contributed by atoms with E-state index < -0.39 is 59.6 Å². The molecule has 2 saturated heterocycles. The van der Waals surface area contributed by atoms with Crippen LogP contribution in [0.15, 0.2) is 48.5 Å². The fourth-order valence-electron chi connectivity index (χ4n) is 7.01. The molecule has 1 saturated carbocycles. The molecular weight excluding hydrogens is 506 g/mol. The number of likely N-dealkylation sites (tertiary alicyclic amines) is 1. The number of carbonyl (C=O) groups is 3. The van der Waals surface area contributed by atoms with Gasteiger partial charge in [0.1, 0.15) is 12.1 Å². The van der Waals surface area contributed by atoms with E-state index in [1.165, 1.54) is 0 Å². The number of aliphatic hydroxyl groups is 1. The Morgan fingerprint density at radius 1 is 1.13 bits per heavy atom. The molecule has 6 rings (SSSR count). The molecule has 4 aliphatic rings. The summed E-state index contributed by atoms with van der Waals surface area (Å²) in [5.74, 6) is -7.33. The van der Waals surface area contributed by atoms with Crippen LogP contribution in [0.5, 0.6) is 0 Å². The number of hydrogen-bond acceptors (Lipinski definition) is 5. The second kappa shape index (κ2) is 9.12. The minimum atomic E-state index is -3.07. The van der Waals surface area contributed by atoms with Gasteiger partial charge in [-0.2, -0.15) is 5.26 Å². The summed E-state index contributed by atoms with van der Waals surface area (Å²) in [6.45, 7) is 0.102. The van der Waals surface area contributed by atoms with Crippen molar-refractivity contribution in [1.29, 1.82) is 5.26 Å². The predicted molar refractivity (Wildman–Crippen MR) is 135 cm³/mol. The van der Waals surface area contributed by atoms with E-state index in [2.05, 4.69) is 10.6 Å². The number of halogens is 2. The van der Waals surface area contributed by atoms with E-state index in [0.717, 1.165) is 4.90 Å². The molecule has 0 spiro atoms. The van der Waals surface area contributed by atoms with Crippen LogP contribution >= 0.6 is 0 Å². The zero-order valence-electron chi connectivity index (χ0n) is 21.1. The van der Waals surface area contributed by atoms with Gasteiger partial charge >= 0.3 is 0 Å². The maximum absolute atomic E-state index is 14.9. The standard InChI is InChI=1S/C29H28F2N4O4/c30-28(31)11-9-20-23(28)15-35(24(20)26(37)34-17(14-32)13-16-10-12-33-25(16)36)27(38)29(39)21-7-3-1-5-18(21)19-6-2-4-8-22(19)29/h1-8,16-17,20,23-24,39H,9-13,15H2,(H,33,36)(H,34,37)/t16-,17+,20-,23-,24+/m1/s1. The third kappa shape index (κ3) is 3.82. The largest absolute Gasteiger partial charge is 0.372 e. The van der Waals surface area contributed by atoms with E-state index in [1.807, 2.05) is 6.07 Å². The number of hydrogen-bond donors (Lipinski definition) is 3. The molecule has 5 atom stereocenters. The summed E-state index contributed by atoms with van der Waals surface area (Å²) < 4.78 is 29.9. The van der Waals surface area contributed by atoms with Gasteiger partial charge in [-0.3, -0.25) is 14.4 Å². The Kier molecular flexibility index (Phi) is 5.95. The van der Waals surface area contributed by atoms with Crippen LogP contribution < -0.4 is 10.6 Å². The van der Waals surface area contributed by atoms with Crippen molar-refractivity contribution in [3.8, 4) is 17.2 Å². The van der Waals surface area contributed by atoms with Crippen molar-refractivity contribution >= 4 is 17.7 Å². The molecule has 3 N–H and O–H groups in total. The van der Waals surface area contributed by atoms with Crippen LogP contribution in [-0.2, 0) is 20.0 Å². The molecule has 3 fully saturated rings. The van der Waals surface area contributed by atoms with Crippen LogP contribution in [0.4, 0.5) is 8.78 Å². The fraction of sp³-hybridized carbons (Fsp3) is 0.448. The van der Waals surface area contributed by atoms with Crippen molar-refractivity contribution in [1.82, 2.24) is 15.5 Å². The first-order valence-electron chi connectivity index (χ1n) is 13.2. The van der Waals surface area contributed by atoms with Gasteiger partial charge in [-0.1, -0.05) is 48.5 Å². The summed E-state index contributed by atoms with van der Waals surface area (Å²) >= 11 is 0. The summed E-state index contributed by atoms with van der Waals surface area (Å²) in [5, 5.41) is 27.1. The molecule has 202 valence electrons. The molecule has 0 unspecified atom stereocenters. The van der Waals surface area contributed by atoms with E-state index in [4.69, 9.17) is 0 Å². The lowest BCUT2D eigenvalue weighted by molar-refractivity contribution is -0.153. The molecule has 3 amide bonds. The van der Waals surface area contributed by atoms with Crippen LogP contribution in [0.2, 0.25) is 0 Å². The van der Waals surface area contributed by atoms with Gasteiger partial charge in [-0.05, 0) is 36.3 Å². The van der Waals surface area contributed by atoms with Crippen LogP contribution in [0.3, 0.4) is 0 Å². The maximum Gasteiger partial charge on any atom is 0.264 e. The summed E-state index contributed by atoms with van der Waals surface area (Å²) in [5.41, 5.74) is -0.165. The quantitative estimate of drug-likeness (QED) is 0.544. The van der Waals surface area contributed by atoms with Gasteiger partial charge in [0.05, 0.1) is 6.07 Å². The Morgan fingerprint density at radius 3 is 2.36 bits per heavy atom. The molecule has 8 nitrogen and oxygen atoms in total. The van der Waals surface area contributed by atoms with Crippen molar-refractivity contribution in [2.45, 2.75) is 49.3 Å². The highest BCUT2D eigenvalue weighted by atomic mass is 19.3. The van der Waals surface area contributed by atoms with E-state index >= 15 is 0 Å². The van der Waals surface area contributed by atoms with Gasteiger partial charge in [-0.15, -0.1) is 0 Å². The number of nitrogens with one attached hydrogen (secondary N) is 2. The number of carbonyl (C=O) groups excluding carboxylic acids is 3. The molecule has 39 heavy (non-hydrogen) atoms. The van der Waals surface area contributed by atoms with E-state index in [-0.39, 0.29) is 25.3 Å². The molecule has 2 aliphatic heterocycles. The minimum absolute atomic E-state index is 0.0351. The molecule has 0 bridgehead atoms. The predicted octanol–water partition coefficient (Wildman–Crippen LogP) is 2.31. The number of amides is 3. The van der Waals surface area contributed by atoms with Crippen LogP contribution in [0, 0.1) is 29.1 Å². The maximum atomic E-state index is 14.9. The Morgan fingerprint density at radius 2 is 1.77 bits per heavy atom. The normalized spacial score (nSPS) is 28.2. The number of nitriles is 1. The van der Waals surface area contributed by atoms with Gasteiger partial charge in [0.25, 0.3) is 11.8 Å². The SMILES string of the molecule is N#C[C@H](C[C@H]1CCNC1=O)NC(=O)[C@@H]1[C@@H]2CCC(F)(F)[C@@H]2CN1C(=O)C1(O)c2ccccc2-c2ccccc21. The Balaban J connectivity index is 1.35. The lowest BCUT2D eigenvalue weighted by Crippen LogP contribution is -2.55. The number of fused-ring (bicyclic) bond motifs is 4. The summed E-state index contributed by atoms with van der Waals surface area (Å²) in [6.07, 6.45) is 0.259. The van der Waals surface area contributed by atoms with Crippen LogP contribution in [-0.4, -0.2) is 58.8 Å². The lowest BCUT2D eigenvalue weighted by Gasteiger charge is -2.34. The lowest BCUT2D eigenvalue weighted by atomic mass is 9.88. The van der Waals surface area contributed by atoms with Crippen molar-refractivity contribution in [2.24, 2.45) is 17.8 Å². The van der Waals surface area contributed by atoms with Crippen molar-refractivity contribution in [2.75, 3.05) is 13.1 Å². The number of benzene rings is 2. The smallest absolute Gasteiger partial charge is 0.264 e. The van der Waals surface area contributed by atoms with Gasteiger partial charge < -0.3 is 20.6 Å². The third-order valence-electron chi connectivity index (χ3n) is 8.92. The minimum Gasteiger partial charge on any atom is -0.372 e. The van der Waals surface area contributed by atoms with E-state index in [9.17, 15) is 33.5 Å². The average molecular weight is 535 g/mol. The monoisotopic (exact) mass is 534 g/mol. The first-order chi connectivity index (χ1) is 18.7. The molecule has 2 aromatic carbocycles.